The molecule has 6 nitrogen and oxygen atoms in total. The smallest absolute Gasteiger partial charge is 0.266 e. The van der Waals surface area contributed by atoms with Gasteiger partial charge in [-0.2, -0.15) is 0 Å². The highest BCUT2D eigenvalue weighted by molar-refractivity contribution is 8.26. The molecule has 8 heteroatoms. The number of hydrogen-bond acceptors (Lipinski definition) is 5. The van der Waals surface area contributed by atoms with Crippen LogP contribution in [0, 0.1) is 13.8 Å². The Kier molecular flexibility index (Phi) is 5.68. The van der Waals surface area contributed by atoms with Crippen molar-refractivity contribution >= 4 is 63.0 Å². The first kappa shape index (κ1) is 21.3. The lowest BCUT2D eigenvalue weighted by Crippen LogP contribution is -2.36. The number of likely N-dealkylation sites (N-methyl/N-ethyl adjacent to an activating group) is 1. The van der Waals surface area contributed by atoms with Crippen LogP contribution >= 0.6 is 24.0 Å². The van der Waals surface area contributed by atoms with Gasteiger partial charge >= 0.3 is 0 Å². The van der Waals surface area contributed by atoms with Crippen molar-refractivity contribution in [2.45, 2.75) is 20.8 Å². The summed E-state index contributed by atoms with van der Waals surface area (Å²) >= 11 is 6.45. The van der Waals surface area contributed by atoms with Crippen LogP contribution in [0.2, 0.25) is 0 Å². The van der Waals surface area contributed by atoms with Crippen LogP contribution in [0.25, 0.3) is 5.57 Å². The summed E-state index contributed by atoms with van der Waals surface area (Å²) in [5.74, 6) is -0.935. The molecule has 0 bridgehead atoms. The number of hydrogen-bond donors (Lipinski definition) is 1. The summed E-state index contributed by atoms with van der Waals surface area (Å²) < 4.78 is 0.437. The van der Waals surface area contributed by atoms with Crippen molar-refractivity contribution in [1.29, 1.82) is 0 Å². The van der Waals surface area contributed by atoms with Gasteiger partial charge in [-0.15, -0.1) is 0 Å². The zero-order valence-corrected chi connectivity index (χ0v) is 19.0. The van der Waals surface area contributed by atoms with Crippen LogP contribution in [0.1, 0.15) is 23.6 Å². The molecule has 4 rings (SSSR count). The van der Waals surface area contributed by atoms with E-state index < -0.39 is 0 Å². The van der Waals surface area contributed by atoms with E-state index in [-0.39, 0.29) is 24.3 Å². The minimum atomic E-state index is -0.366. The molecule has 158 valence electrons. The van der Waals surface area contributed by atoms with E-state index in [1.807, 2.05) is 51.1 Å². The van der Waals surface area contributed by atoms with Gasteiger partial charge in [-0.25, -0.2) is 0 Å². The van der Waals surface area contributed by atoms with Crippen LogP contribution in [-0.2, 0) is 14.4 Å². The number of aryl methyl sites for hydroxylation is 2. The lowest BCUT2D eigenvalue weighted by atomic mass is 10.1. The lowest BCUT2D eigenvalue weighted by molar-refractivity contribution is -0.122. The van der Waals surface area contributed by atoms with Crippen LogP contribution in [0.3, 0.4) is 0 Å². The summed E-state index contributed by atoms with van der Waals surface area (Å²) in [6.45, 7) is 5.98. The number of para-hydroxylation sites is 2. The molecule has 1 fully saturated rings. The number of benzene rings is 2. The molecule has 0 unspecified atom stereocenters. The maximum absolute atomic E-state index is 13.4. The van der Waals surface area contributed by atoms with E-state index >= 15 is 0 Å². The van der Waals surface area contributed by atoms with Crippen molar-refractivity contribution in [2.24, 2.45) is 0 Å². The van der Waals surface area contributed by atoms with Gasteiger partial charge in [0.05, 0.1) is 16.2 Å². The Hall–Kier alpha value is -2.97. The standard InChI is InChI=1S/C23H21N3O3S2/c1-4-25-22(29)20(31-23(25)30)18-15-10-5-6-11-16(15)26(21(18)28)12-17(27)24-19-13(2)8-7-9-14(19)3/h5-11H,4,12H2,1-3H3,(H,24,27)/b20-18-. The maximum Gasteiger partial charge on any atom is 0.266 e. The van der Waals surface area contributed by atoms with E-state index in [1.165, 1.54) is 9.80 Å². The van der Waals surface area contributed by atoms with E-state index in [4.69, 9.17) is 12.2 Å². The van der Waals surface area contributed by atoms with Crippen LogP contribution < -0.4 is 10.2 Å². The average Bonchev–Trinajstić information content (AvgIpc) is 3.17. The van der Waals surface area contributed by atoms with E-state index in [0.29, 0.717) is 32.6 Å². The Morgan fingerprint density at radius 2 is 1.68 bits per heavy atom. The summed E-state index contributed by atoms with van der Waals surface area (Å²) in [4.78, 5) is 42.3. The molecule has 2 heterocycles. The number of nitrogens with zero attached hydrogens (tertiary/aromatic N) is 2. The van der Waals surface area contributed by atoms with Gasteiger partial charge < -0.3 is 5.32 Å². The van der Waals surface area contributed by atoms with E-state index in [1.54, 1.807) is 12.1 Å². The van der Waals surface area contributed by atoms with E-state index in [2.05, 4.69) is 5.32 Å². The normalized spacial score (nSPS) is 18.1. The monoisotopic (exact) mass is 451 g/mol. The first-order valence-electron chi connectivity index (χ1n) is 9.88. The zero-order chi connectivity index (χ0) is 22.3. The maximum atomic E-state index is 13.4. The second-order valence-electron chi connectivity index (χ2n) is 7.34. The highest BCUT2D eigenvalue weighted by Crippen LogP contribution is 2.44. The van der Waals surface area contributed by atoms with Gasteiger partial charge in [-0.1, -0.05) is 60.4 Å². The molecule has 1 N–H and O–H groups in total. The predicted molar refractivity (Wildman–Crippen MR) is 128 cm³/mol. The molecule has 1 saturated heterocycles. The fourth-order valence-electron chi connectivity index (χ4n) is 3.81. The van der Waals surface area contributed by atoms with Gasteiger partial charge in [0, 0.05) is 17.8 Å². The summed E-state index contributed by atoms with van der Waals surface area (Å²) in [6, 6.07) is 13.0. The van der Waals surface area contributed by atoms with Gasteiger partial charge in [0.25, 0.3) is 11.8 Å². The third kappa shape index (κ3) is 3.66. The third-order valence-corrected chi connectivity index (χ3v) is 6.81. The van der Waals surface area contributed by atoms with Crippen LogP contribution in [0.15, 0.2) is 47.4 Å². The molecule has 2 aliphatic heterocycles. The van der Waals surface area contributed by atoms with Crippen molar-refractivity contribution in [1.82, 2.24) is 4.90 Å². The highest BCUT2D eigenvalue weighted by atomic mass is 32.2. The first-order valence-corrected chi connectivity index (χ1v) is 11.1. The number of rotatable bonds is 4. The Bertz CT molecular complexity index is 1150. The lowest BCUT2D eigenvalue weighted by Gasteiger charge is -2.18. The number of nitrogens with one attached hydrogen (secondary N) is 1. The molecule has 2 aromatic rings. The number of carbonyl (C=O) groups is 3. The Morgan fingerprint density at radius 3 is 2.32 bits per heavy atom. The van der Waals surface area contributed by atoms with Crippen molar-refractivity contribution in [2.75, 3.05) is 23.3 Å². The number of thiocarbonyl (C=S) groups is 1. The molecule has 2 aliphatic rings. The SMILES string of the molecule is CCN1C(=O)/C(=C2/C(=O)N(CC(=O)Nc3c(C)cccc3C)c3ccccc32)SC1=S. The minimum absolute atomic E-state index is 0.152. The van der Waals surface area contributed by atoms with Crippen molar-refractivity contribution in [3.05, 3.63) is 64.1 Å². The van der Waals surface area contributed by atoms with Crippen molar-refractivity contribution in [3.8, 4) is 0 Å². The number of fused-ring (bicyclic) bond motifs is 1. The first-order chi connectivity index (χ1) is 14.8. The molecule has 0 aliphatic carbocycles. The number of amides is 3. The number of thioether (sulfide) groups is 1. The van der Waals surface area contributed by atoms with Gasteiger partial charge in [0.1, 0.15) is 10.9 Å². The predicted octanol–water partition coefficient (Wildman–Crippen LogP) is 3.88. The molecule has 0 atom stereocenters. The summed E-state index contributed by atoms with van der Waals surface area (Å²) in [7, 11) is 0. The fourth-order valence-corrected chi connectivity index (χ4v) is 5.27. The third-order valence-electron chi connectivity index (χ3n) is 5.36. The minimum Gasteiger partial charge on any atom is -0.324 e. The van der Waals surface area contributed by atoms with Crippen LogP contribution in [0.4, 0.5) is 11.4 Å². The van der Waals surface area contributed by atoms with Gasteiger partial charge in [-0.05, 0) is 38.0 Å². The van der Waals surface area contributed by atoms with E-state index in [0.717, 1.165) is 28.6 Å². The Balaban J connectivity index is 1.67. The Morgan fingerprint density at radius 1 is 1.00 bits per heavy atom. The van der Waals surface area contributed by atoms with E-state index in [9.17, 15) is 14.4 Å². The molecule has 31 heavy (non-hydrogen) atoms. The van der Waals surface area contributed by atoms with Gasteiger partial charge in [0.2, 0.25) is 5.91 Å². The molecule has 3 amide bonds. The molecule has 0 radical (unpaired) electrons. The van der Waals surface area contributed by atoms with Gasteiger partial charge in [-0.3, -0.25) is 24.2 Å². The van der Waals surface area contributed by atoms with Crippen LogP contribution in [0.5, 0.6) is 0 Å². The average molecular weight is 452 g/mol. The Labute approximate surface area is 190 Å². The molecule has 0 aromatic heterocycles. The molecule has 0 saturated carbocycles. The topological polar surface area (TPSA) is 69.7 Å². The molecule has 2 aromatic carbocycles. The van der Waals surface area contributed by atoms with Crippen molar-refractivity contribution in [3.63, 3.8) is 0 Å². The second-order valence-corrected chi connectivity index (χ2v) is 8.99. The summed E-state index contributed by atoms with van der Waals surface area (Å²) in [5, 5.41) is 2.92. The summed E-state index contributed by atoms with van der Waals surface area (Å²) in [6.07, 6.45) is 0. The van der Waals surface area contributed by atoms with Gasteiger partial charge in [0.15, 0.2) is 0 Å². The molecular formula is C23H21N3O3S2. The molecular weight excluding hydrogens is 430 g/mol. The second kappa shape index (κ2) is 8.28. The number of carbonyl (C=O) groups excluding carboxylic acids is 3. The van der Waals surface area contributed by atoms with Crippen molar-refractivity contribution < 1.29 is 14.4 Å². The zero-order valence-electron chi connectivity index (χ0n) is 17.4. The fraction of sp³-hybridized carbons (Fsp3) is 0.217. The highest BCUT2D eigenvalue weighted by Gasteiger charge is 2.41. The number of anilines is 2. The van der Waals surface area contributed by atoms with Crippen LogP contribution in [-0.4, -0.2) is 40.0 Å². The largest absolute Gasteiger partial charge is 0.324 e. The summed E-state index contributed by atoms with van der Waals surface area (Å²) in [5.41, 5.74) is 4.21. The quantitative estimate of drug-likeness (QED) is 0.564. The molecule has 0 spiro atoms.